The molecule has 1 aliphatic carbocycles. The van der Waals surface area contributed by atoms with E-state index in [-0.39, 0.29) is 5.91 Å². The summed E-state index contributed by atoms with van der Waals surface area (Å²) in [6.07, 6.45) is 7.90. The average molecular weight is 456 g/mol. The number of hydrogen-bond acceptors (Lipinski definition) is 5. The SMILES string of the molecule is C=CC(=O)OCCCCCCOC(=O)C1=C=C=C(c2ccc3c4c(cccc24)C(=O)N3C)C=C1. The van der Waals surface area contributed by atoms with Crippen molar-refractivity contribution in [2.24, 2.45) is 0 Å². The Bertz CT molecular complexity index is 1320. The van der Waals surface area contributed by atoms with Crippen LogP contribution >= 0.6 is 0 Å². The maximum Gasteiger partial charge on any atom is 0.346 e. The number of carbonyl (C=O) groups excluding carboxylic acids is 3. The number of benzene rings is 2. The van der Waals surface area contributed by atoms with Gasteiger partial charge in [-0.25, -0.2) is 9.59 Å². The number of nitrogens with zero attached hydrogens (tertiary/aromatic N) is 1. The molecule has 6 heteroatoms. The summed E-state index contributed by atoms with van der Waals surface area (Å²) in [4.78, 5) is 37.4. The van der Waals surface area contributed by atoms with Crippen LogP contribution in [0.5, 0.6) is 0 Å². The quantitative estimate of drug-likeness (QED) is 0.221. The van der Waals surface area contributed by atoms with Crippen LogP contribution in [0.1, 0.15) is 41.6 Å². The highest BCUT2D eigenvalue weighted by Gasteiger charge is 2.27. The second-order valence-electron chi connectivity index (χ2n) is 8.06. The maximum absolute atomic E-state index is 12.5. The van der Waals surface area contributed by atoms with E-state index in [1.54, 1.807) is 18.0 Å². The van der Waals surface area contributed by atoms with Gasteiger partial charge in [-0.3, -0.25) is 4.79 Å². The van der Waals surface area contributed by atoms with Gasteiger partial charge in [0.2, 0.25) is 0 Å². The van der Waals surface area contributed by atoms with E-state index in [0.717, 1.165) is 59.4 Å². The lowest BCUT2D eigenvalue weighted by Gasteiger charge is -2.12. The fourth-order valence-corrected chi connectivity index (χ4v) is 4.06. The minimum Gasteiger partial charge on any atom is -0.463 e. The van der Waals surface area contributed by atoms with E-state index in [1.165, 1.54) is 0 Å². The third-order valence-electron chi connectivity index (χ3n) is 5.86. The summed E-state index contributed by atoms with van der Waals surface area (Å²) in [5.74, 6) is -0.859. The summed E-state index contributed by atoms with van der Waals surface area (Å²) in [5.41, 5.74) is 9.61. The number of carbonyl (C=O) groups is 3. The van der Waals surface area contributed by atoms with Crippen LogP contribution in [-0.4, -0.2) is 38.1 Å². The topological polar surface area (TPSA) is 72.9 Å². The van der Waals surface area contributed by atoms with Crippen molar-refractivity contribution in [1.82, 2.24) is 0 Å². The van der Waals surface area contributed by atoms with Crippen molar-refractivity contribution in [2.75, 3.05) is 25.2 Å². The Morgan fingerprint density at radius 1 is 0.971 bits per heavy atom. The molecule has 0 radical (unpaired) electrons. The normalized spacial score (nSPS) is 13.7. The van der Waals surface area contributed by atoms with Crippen molar-refractivity contribution in [3.8, 4) is 0 Å². The molecule has 2 aromatic carbocycles. The Kier molecular flexibility index (Phi) is 6.93. The van der Waals surface area contributed by atoms with E-state index in [1.807, 2.05) is 36.4 Å². The van der Waals surface area contributed by atoms with Crippen LogP contribution in [0.15, 0.2) is 72.2 Å². The molecular formula is C28H25NO5. The molecule has 1 aliphatic heterocycles. The van der Waals surface area contributed by atoms with Crippen LogP contribution in [0.2, 0.25) is 0 Å². The molecule has 0 saturated heterocycles. The Labute approximate surface area is 198 Å². The first-order chi connectivity index (χ1) is 16.5. The molecule has 6 nitrogen and oxygen atoms in total. The average Bonchev–Trinajstić information content (AvgIpc) is 3.12. The molecular weight excluding hydrogens is 430 g/mol. The third-order valence-corrected chi connectivity index (χ3v) is 5.86. The van der Waals surface area contributed by atoms with Crippen LogP contribution in [0, 0.1) is 0 Å². The zero-order chi connectivity index (χ0) is 24.1. The van der Waals surface area contributed by atoms with Gasteiger partial charge in [0.1, 0.15) is 5.57 Å². The Morgan fingerprint density at radius 3 is 2.44 bits per heavy atom. The van der Waals surface area contributed by atoms with Crippen molar-refractivity contribution in [2.45, 2.75) is 25.7 Å². The molecule has 172 valence electrons. The highest BCUT2D eigenvalue weighted by Crippen LogP contribution is 2.40. The van der Waals surface area contributed by atoms with Gasteiger partial charge in [-0.1, -0.05) is 36.2 Å². The largest absolute Gasteiger partial charge is 0.463 e. The number of amides is 1. The van der Waals surface area contributed by atoms with Gasteiger partial charge in [-0.15, -0.1) is 0 Å². The second kappa shape index (κ2) is 10.2. The number of hydrogen-bond donors (Lipinski definition) is 0. The first-order valence-electron chi connectivity index (χ1n) is 11.3. The molecule has 0 spiro atoms. The third kappa shape index (κ3) is 4.65. The monoisotopic (exact) mass is 455 g/mol. The van der Waals surface area contributed by atoms with E-state index in [9.17, 15) is 14.4 Å². The number of ether oxygens (including phenoxy) is 2. The van der Waals surface area contributed by atoms with Gasteiger partial charge in [0.05, 0.1) is 18.9 Å². The summed E-state index contributed by atoms with van der Waals surface area (Å²) < 4.78 is 10.3. The molecule has 0 fully saturated rings. The fraction of sp³-hybridized carbons (Fsp3) is 0.250. The summed E-state index contributed by atoms with van der Waals surface area (Å²) in [6.45, 7) is 4.03. The zero-order valence-electron chi connectivity index (χ0n) is 19.1. The van der Waals surface area contributed by atoms with Crippen LogP contribution in [0.4, 0.5) is 5.69 Å². The van der Waals surface area contributed by atoms with Gasteiger partial charge in [0.25, 0.3) is 5.91 Å². The van der Waals surface area contributed by atoms with Gasteiger partial charge >= 0.3 is 11.9 Å². The van der Waals surface area contributed by atoms with Crippen molar-refractivity contribution < 1.29 is 23.9 Å². The summed E-state index contributed by atoms with van der Waals surface area (Å²) in [6, 6.07) is 9.61. The number of unbranched alkanes of at least 4 members (excludes halogenated alkanes) is 3. The van der Waals surface area contributed by atoms with Crippen LogP contribution in [-0.2, 0) is 19.1 Å². The van der Waals surface area contributed by atoms with E-state index in [2.05, 4.69) is 18.0 Å². The summed E-state index contributed by atoms with van der Waals surface area (Å²) in [5, 5.41) is 1.90. The van der Waals surface area contributed by atoms with E-state index < -0.39 is 11.9 Å². The second-order valence-corrected chi connectivity index (χ2v) is 8.06. The number of rotatable bonds is 10. The molecule has 0 unspecified atom stereocenters. The predicted octanol–water partition coefficient (Wildman–Crippen LogP) is 4.90. The lowest BCUT2D eigenvalue weighted by atomic mass is 9.94. The molecule has 0 bridgehead atoms. The molecule has 0 atom stereocenters. The van der Waals surface area contributed by atoms with Gasteiger partial charge in [0, 0.05) is 29.6 Å². The van der Waals surface area contributed by atoms with Gasteiger partial charge in [-0.2, -0.15) is 0 Å². The highest BCUT2D eigenvalue weighted by molar-refractivity contribution is 6.26. The van der Waals surface area contributed by atoms with Crippen LogP contribution in [0.25, 0.3) is 16.3 Å². The first kappa shape index (κ1) is 23.1. The van der Waals surface area contributed by atoms with Crippen molar-refractivity contribution in [1.29, 1.82) is 0 Å². The number of allylic oxidation sites excluding steroid dienone is 2. The minimum atomic E-state index is -0.435. The fourth-order valence-electron chi connectivity index (χ4n) is 4.06. The first-order valence-corrected chi connectivity index (χ1v) is 11.3. The molecule has 0 N–H and O–H groups in total. The van der Waals surface area contributed by atoms with Crippen molar-refractivity contribution in [3.05, 3.63) is 83.3 Å². The minimum absolute atomic E-state index is 0.0116. The van der Waals surface area contributed by atoms with Crippen LogP contribution in [0.3, 0.4) is 0 Å². The van der Waals surface area contributed by atoms with Gasteiger partial charge in [0.15, 0.2) is 0 Å². The molecule has 2 aliphatic rings. The van der Waals surface area contributed by atoms with E-state index in [0.29, 0.717) is 24.4 Å². The molecule has 4 rings (SSSR count). The van der Waals surface area contributed by atoms with Gasteiger partial charge in [-0.05, 0) is 60.9 Å². The molecule has 1 amide bonds. The number of anilines is 1. The molecule has 34 heavy (non-hydrogen) atoms. The zero-order valence-corrected chi connectivity index (χ0v) is 19.1. The summed E-state index contributed by atoms with van der Waals surface area (Å²) >= 11 is 0. The van der Waals surface area contributed by atoms with E-state index in [4.69, 9.17) is 9.47 Å². The lowest BCUT2D eigenvalue weighted by molar-refractivity contribution is -0.139. The molecule has 2 aromatic rings. The maximum atomic E-state index is 12.5. The Morgan fingerprint density at radius 2 is 1.74 bits per heavy atom. The Balaban J connectivity index is 1.38. The molecule has 0 saturated carbocycles. The van der Waals surface area contributed by atoms with Crippen molar-refractivity contribution in [3.63, 3.8) is 0 Å². The Hall–Kier alpha value is -4.11. The molecule has 1 heterocycles. The molecule has 0 aromatic heterocycles. The smallest absolute Gasteiger partial charge is 0.346 e. The van der Waals surface area contributed by atoms with Gasteiger partial charge < -0.3 is 14.4 Å². The van der Waals surface area contributed by atoms with Crippen LogP contribution < -0.4 is 4.90 Å². The number of esters is 2. The standard InChI is InChI=1S/C28H25NO5/c1-3-25(30)33-17-6-4-5-7-18-34-28(32)20-13-11-19(12-14-20)21-15-16-24-26-22(21)9-8-10-23(26)27(31)29(24)2/h3,8-11,13,15-16H,1,4-7,17-18H2,2H3. The lowest BCUT2D eigenvalue weighted by Crippen LogP contribution is -2.20. The van der Waals surface area contributed by atoms with Crippen molar-refractivity contribution >= 4 is 39.9 Å². The highest BCUT2D eigenvalue weighted by atomic mass is 16.5. The van der Waals surface area contributed by atoms with E-state index >= 15 is 0 Å². The predicted molar refractivity (Wildman–Crippen MR) is 130 cm³/mol. The summed E-state index contributed by atoms with van der Waals surface area (Å²) in [7, 11) is 1.78.